The highest BCUT2D eigenvalue weighted by Crippen LogP contribution is 2.51. The second-order valence-corrected chi connectivity index (χ2v) is 16.6. The van der Waals surface area contributed by atoms with E-state index in [0.717, 1.165) is 29.2 Å². The molecule has 3 heterocycles. The van der Waals surface area contributed by atoms with Gasteiger partial charge in [-0.2, -0.15) is 0 Å². The molecule has 11 rings (SSSR count). The van der Waals surface area contributed by atoms with Crippen LogP contribution in [0, 0.1) is 0 Å². The highest BCUT2D eigenvalue weighted by Gasteiger charge is 2.36. The molecule has 3 aliphatic rings. The van der Waals surface area contributed by atoms with Crippen molar-refractivity contribution < 1.29 is 0 Å². The van der Waals surface area contributed by atoms with Crippen molar-refractivity contribution in [2.24, 2.45) is 11.6 Å². The molecule has 0 saturated heterocycles. The van der Waals surface area contributed by atoms with Gasteiger partial charge in [0.1, 0.15) is 0 Å². The van der Waals surface area contributed by atoms with E-state index in [-0.39, 0.29) is 5.41 Å². The maximum atomic E-state index is 6.65. The third-order valence-corrected chi connectivity index (χ3v) is 12.5. The number of hydrazine groups is 1. The SMILES string of the molecule is C1=CC(N2CCc3ccccc32)=CCC1.CC1(C)c2ccccc2N(c2cccc(N(N)/C=C(\N)c3ccc(-n4c5ccccc5c5ccccc54)cc3)c2)c2ccccc21. The zero-order chi connectivity index (χ0) is 41.5. The molecule has 0 unspecified atom stereocenters. The number of allylic oxidation sites excluding steroid dienone is 3. The molecule has 0 saturated carbocycles. The molecule has 0 radical (unpaired) electrons. The first-order valence-corrected chi connectivity index (χ1v) is 21.3. The summed E-state index contributed by atoms with van der Waals surface area (Å²) in [6.07, 6.45) is 12.2. The fourth-order valence-electron chi connectivity index (χ4n) is 9.45. The van der Waals surface area contributed by atoms with Crippen LogP contribution in [-0.2, 0) is 11.8 Å². The Morgan fingerprint density at radius 3 is 1.89 bits per heavy atom. The van der Waals surface area contributed by atoms with Gasteiger partial charge in [0.15, 0.2) is 0 Å². The summed E-state index contributed by atoms with van der Waals surface area (Å²) < 4.78 is 2.30. The number of nitrogens with zero attached hydrogens (tertiary/aromatic N) is 4. The Labute approximate surface area is 358 Å². The van der Waals surface area contributed by atoms with Crippen LogP contribution >= 0.6 is 0 Å². The first-order valence-electron chi connectivity index (χ1n) is 21.3. The number of rotatable bonds is 6. The Morgan fingerprint density at radius 1 is 0.623 bits per heavy atom. The van der Waals surface area contributed by atoms with Crippen molar-refractivity contribution >= 4 is 55.9 Å². The minimum Gasteiger partial charge on any atom is -0.397 e. The smallest absolute Gasteiger partial charge is 0.0590 e. The van der Waals surface area contributed by atoms with Crippen LogP contribution in [0.2, 0.25) is 0 Å². The third-order valence-electron chi connectivity index (χ3n) is 12.5. The van der Waals surface area contributed by atoms with Crippen LogP contribution in [0.1, 0.15) is 48.9 Å². The molecule has 6 nitrogen and oxygen atoms in total. The van der Waals surface area contributed by atoms with Crippen molar-refractivity contribution in [1.82, 2.24) is 4.57 Å². The van der Waals surface area contributed by atoms with E-state index in [0.29, 0.717) is 5.70 Å². The molecule has 0 bridgehead atoms. The monoisotopic (exact) mass is 794 g/mol. The summed E-state index contributed by atoms with van der Waals surface area (Å²) in [4.78, 5) is 4.76. The average molecular weight is 795 g/mol. The van der Waals surface area contributed by atoms with Crippen molar-refractivity contribution in [2.45, 2.75) is 38.5 Å². The van der Waals surface area contributed by atoms with Gasteiger partial charge in [0.2, 0.25) is 0 Å². The van der Waals surface area contributed by atoms with Crippen LogP contribution in [-0.4, -0.2) is 11.1 Å². The molecule has 300 valence electrons. The Morgan fingerprint density at radius 2 is 1.23 bits per heavy atom. The van der Waals surface area contributed by atoms with E-state index in [1.54, 1.807) is 11.2 Å². The molecule has 0 amide bonds. The van der Waals surface area contributed by atoms with E-state index < -0.39 is 0 Å². The standard InChI is InChI=1S/C41H35N5.C14H15N/c1-41(2)34-16-5-9-20-39(34)46(40-21-10-6-17-35(40)41)31-13-11-12-30(26-31)44(43)27-36(42)28-22-24-29(25-23-28)45-37-18-7-3-14-32(37)33-15-4-8-19-38(33)45;1-2-7-13(8-3-1)15-11-10-12-6-4-5-9-14(12)15/h3-27H,42-43H2,1-2H3;2,4-9H,1,3,10-11H2/b36-27-;. The van der Waals surface area contributed by atoms with Crippen LogP contribution in [0.15, 0.2) is 200 Å². The molecule has 7 aromatic carbocycles. The lowest BCUT2D eigenvalue weighted by Gasteiger charge is -2.42. The lowest BCUT2D eigenvalue weighted by Crippen LogP contribution is -2.30. The molecule has 1 aliphatic carbocycles. The van der Waals surface area contributed by atoms with Crippen LogP contribution in [0.4, 0.5) is 28.4 Å². The zero-order valence-corrected chi connectivity index (χ0v) is 34.7. The lowest BCUT2D eigenvalue weighted by atomic mass is 9.73. The first-order chi connectivity index (χ1) is 29.9. The second-order valence-electron chi connectivity index (χ2n) is 16.6. The average Bonchev–Trinajstić information content (AvgIpc) is 3.90. The van der Waals surface area contributed by atoms with Gasteiger partial charge < -0.3 is 20.1 Å². The van der Waals surface area contributed by atoms with Gasteiger partial charge in [0.05, 0.1) is 33.8 Å². The molecule has 2 aliphatic heterocycles. The van der Waals surface area contributed by atoms with Gasteiger partial charge in [0.25, 0.3) is 0 Å². The van der Waals surface area contributed by atoms with Gasteiger partial charge in [-0.1, -0.05) is 135 Å². The van der Waals surface area contributed by atoms with Crippen LogP contribution in [0.25, 0.3) is 33.2 Å². The van der Waals surface area contributed by atoms with Gasteiger partial charge in [-0.3, -0.25) is 5.01 Å². The molecule has 0 atom stereocenters. The Hall–Kier alpha value is -7.28. The highest BCUT2D eigenvalue weighted by molar-refractivity contribution is 6.09. The van der Waals surface area contributed by atoms with E-state index in [1.165, 1.54) is 80.5 Å². The number of hydrogen-bond donors (Lipinski definition) is 2. The topological polar surface area (TPSA) is 66.7 Å². The van der Waals surface area contributed by atoms with Gasteiger partial charge in [-0.05, 0) is 108 Å². The van der Waals surface area contributed by atoms with Crippen LogP contribution in [0.3, 0.4) is 0 Å². The van der Waals surface area contributed by atoms with E-state index in [1.807, 2.05) is 12.1 Å². The number of aromatic nitrogens is 1. The molecule has 6 heteroatoms. The minimum absolute atomic E-state index is 0.116. The molecule has 61 heavy (non-hydrogen) atoms. The van der Waals surface area contributed by atoms with Crippen molar-refractivity contribution in [1.29, 1.82) is 0 Å². The zero-order valence-electron chi connectivity index (χ0n) is 34.7. The minimum atomic E-state index is -0.116. The summed E-state index contributed by atoms with van der Waals surface area (Å²) in [5.74, 6) is 6.65. The Bertz CT molecular complexity index is 2900. The fourth-order valence-corrected chi connectivity index (χ4v) is 9.45. The molecule has 0 spiro atoms. The van der Waals surface area contributed by atoms with Gasteiger partial charge in [-0.25, -0.2) is 5.84 Å². The van der Waals surface area contributed by atoms with E-state index in [2.05, 4.69) is 204 Å². The number of fused-ring (bicyclic) bond motifs is 6. The summed E-state index contributed by atoms with van der Waals surface area (Å²) in [5.41, 5.74) is 22.5. The summed E-state index contributed by atoms with van der Waals surface area (Å²) in [5, 5.41) is 4.08. The van der Waals surface area contributed by atoms with E-state index in [4.69, 9.17) is 11.6 Å². The molecule has 8 aromatic rings. The van der Waals surface area contributed by atoms with Crippen molar-refractivity contribution in [3.63, 3.8) is 0 Å². The van der Waals surface area contributed by atoms with Crippen molar-refractivity contribution in [2.75, 3.05) is 21.4 Å². The quantitative estimate of drug-likeness (QED) is 0.130. The molecule has 1 aromatic heterocycles. The number of hydrogen-bond acceptors (Lipinski definition) is 5. The lowest BCUT2D eigenvalue weighted by molar-refractivity contribution is 0.632. The molecule has 0 fully saturated rings. The second kappa shape index (κ2) is 15.7. The molecular formula is C55H50N6. The predicted octanol–water partition coefficient (Wildman–Crippen LogP) is 12.8. The fraction of sp³-hybridized carbons (Fsp3) is 0.127. The third kappa shape index (κ3) is 6.85. The maximum absolute atomic E-state index is 6.65. The van der Waals surface area contributed by atoms with E-state index in [9.17, 15) is 0 Å². The summed E-state index contributed by atoms with van der Waals surface area (Å²) in [6, 6.07) is 59.7. The first kappa shape index (κ1) is 38.0. The number of nitrogens with two attached hydrogens (primary N) is 2. The Kier molecular flexibility index (Phi) is 9.78. The Balaban J connectivity index is 0.000000248. The maximum Gasteiger partial charge on any atom is 0.0590 e. The van der Waals surface area contributed by atoms with Crippen LogP contribution < -0.4 is 26.4 Å². The van der Waals surface area contributed by atoms with E-state index >= 15 is 0 Å². The summed E-state index contributed by atoms with van der Waals surface area (Å²) in [7, 11) is 0. The van der Waals surface area contributed by atoms with Crippen molar-refractivity contribution in [3.8, 4) is 5.69 Å². The summed E-state index contributed by atoms with van der Waals surface area (Å²) in [6.45, 7) is 5.72. The number of benzene rings is 7. The number of anilines is 5. The van der Waals surface area contributed by atoms with Gasteiger partial charge >= 0.3 is 0 Å². The molecular weight excluding hydrogens is 745 g/mol. The molecule has 4 N–H and O–H groups in total. The van der Waals surface area contributed by atoms with Crippen molar-refractivity contribution in [3.05, 3.63) is 222 Å². The largest absolute Gasteiger partial charge is 0.397 e. The highest BCUT2D eigenvalue weighted by atomic mass is 15.4. The normalized spacial score (nSPS) is 15.1. The predicted molar refractivity (Wildman–Crippen MR) is 257 cm³/mol. The van der Waals surface area contributed by atoms with Crippen LogP contribution in [0.5, 0.6) is 0 Å². The summed E-state index contributed by atoms with van der Waals surface area (Å²) >= 11 is 0. The van der Waals surface area contributed by atoms with Gasteiger partial charge in [-0.15, -0.1) is 0 Å². The number of para-hydroxylation sites is 5. The van der Waals surface area contributed by atoms with Gasteiger partial charge in [0, 0.05) is 51.7 Å².